The fraction of sp³-hybridized carbons (Fsp3) is 0.571. The molecule has 1 aromatic carbocycles. The van der Waals surface area contributed by atoms with Gasteiger partial charge in [-0.15, -0.1) is 0 Å². The van der Waals surface area contributed by atoms with Crippen molar-refractivity contribution in [3.8, 4) is 5.75 Å². The molecule has 0 aromatic heterocycles. The number of carbonyl (C=O) groups is 3. The van der Waals surface area contributed by atoms with Crippen LogP contribution in [0.2, 0.25) is 0 Å². The van der Waals surface area contributed by atoms with Gasteiger partial charge < -0.3 is 25.0 Å². The van der Waals surface area contributed by atoms with Gasteiger partial charge in [0.25, 0.3) is 5.91 Å². The number of ether oxygens (including phenoxy) is 2. The summed E-state index contributed by atoms with van der Waals surface area (Å²) in [5.74, 6) is 0.465. The highest BCUT2D eigenvalue weighted by Crippen LogP contribution is 2.17. The fourth-order valence-corrected chi connectivity index (χ4v) is 2.93. The molecule has 0 saturated carbocycles. The molecular weight excluding hydrogens is 374 g/mol. The monoisotopic (exact) mass is 405 g/mol. The first kappa shape index (κ1) is 22.5. The van der Waals surface area contributed by atoms with E-state index < -0.39 is 11.7 Å². The lowest BCUT2D eigenvalue weighted by Gasteiger charge is -2.32. The van der Waals surface area contributed by atoms with Crippen LogP contribution in [0.1, 0.15) is 33.6 Å². The zero-order valence-corrected chi connectivity index (χ0v) is 17.4. The van der Waals surface area contributed by atoms with Crippen molar-refractivity contribution in [2.24, 2.45) is 5.92 Å². The first-order valence-electron chi connectivity index (χ1n) is 9.92. The van der Waals surface area contributed by atoms with Crippen LogP contribution in [-0.2, 0) is 14.3 Å². The van der Waals surface area contributed by atoms with Crippen LogP contribution in [0.3, 0.4) is 0 Å². The van der Waals surface area contributed by atoms with Crippen molar-refractivity contribution in [1.82, 2.24) is 15.5 Å². The Bertz CT molecular complexity index is 679. The highest BCUT2D eigenvalue weighted by atomic mass is 16.6. The molecule has 1 fully saturated rings. The number of benzene rings is 1. The summed E-state index contributed by atoms with van der Waals surface area (Å²) in [6.07, 6.45) is 1.18. The lowest BCUT2D eigenvalue weighted by molar-refractivity contribution is -0.134. The Morgan fingerprint density at radius 3 is 2.34 bits per heavy atom. The second-order valence-corrected chi connectivity index (χ2v) is 8.09. The molecule has 1 aromatic rings. The molecule has 1 saturated heterocycles. The number of hydrogen-bond acceptors (Lipinski definition) is 5. The molecule has 160 valence electrons. The van der Waals surface area contributed by atoms with Crippen LogP contribution in [0.25, 0.3) is 0 Å². The van der Waals surface area contributed by atoms with E-state index in [1.165, 1.54) is 0 Å². The quantitative estimate of drug-likeness (QED) is 0.723. The van der Waals surface area contributed by atoms with Crippen LogP contribution in [0.5, 0.6) is 5.75 Å². The molecule has 1 aliphatic heterocycles. The standard InChI is InChI=1S/C21H31N3O5/c1-21(2,3)29-20(27)23-13-16-9-11-24(12-10-16)19(26)14-22-18(25)15-28-17-7-5-4-6-8-17/h4-8,16H,9-15H2,1-3H3,(H,22,25)(H,23,27). The predicted molar refractivity (Wildman–Crippen MR) is 108 cm³/mol. The molecule has 2 N–H and O–H groups in total. The van der Waals surface area contributed by atoms with E-state index in [9.17, 15) is 14.4 Å². The van der Waals surface area contributed by atoms with Crippen molar-refractivity contribution < 1.29 is 23.9 Å². The highest BCUT2D eigenvalue weighted by Gasteiger charge is 2.24. The molecule has 1 aliphatic rings. The summed E-state index contributed by atoms with van der Waals surface area (Å²) in [7, 11) is 0. The first-order chi connectivity index (χ1) is 13.7. The third-order valence-corrected chi connectivity index (χ3v) is 4.45. The van der Waals surface area contributed by atoms with Crippen molar-refractivity contribution in [1.29, 1.82) is 0 Å². The molecule has 0 atom stereocenters. The van der Waals surface area contributed by atoms with Gasteiger partial charge in [-0.2, -0.15) is 0 Å². The smallest absolute Gasteiger partial charge is 0.407 e. The predicted octanol–water partition coefficient (Wildman–Crippen LogP) is 1.94. The van der Waals surface area contributed by atoms with Gasteiger partial charge in [0.15, 0.2) is 6.61 Å². The highest BCUT2D eigenvalue weighted by molar-refractivity contribution is 5.85. The number of hydrogen-bond donors (Lipinski definition) is 2. The van der Waals surface area contributed by atoms with Crippen LogP contribution in [0.4, 0.5) is 4.79 Å². The maximum absolute atomic E-state index is 12.3. The van der Waals surface area contributed by atoms with Gasteiger partial charge in [0.1, 0.15) is 11.4 Å². The van der Waals surface area contributed by atoms with Gasteiger partial charge in [-0.1, -0.05) is 18.2 Å². The van der Waals surface area contributed by atoms with Gasteiger partial charge in [-0.05, 0) is 51.7 Å². The Morgan fingerprint density at radius 2 is 1.72 bits per heavy atom. The second-order valence-electron chi connectivity index (χ2n) is 8.09. The SMILES string of the molecule is CC(C)(C)OC(=O)NCC1CCN(C(=O)CNC(=O)COc2ccccc2)CC1. The maximum atomic E-state index is 12.3. The van der Waals surface area contributed by atoms with Gasteiger partial charge in [-0.25, -0.2) is 4.79 Å². The Kier molecular flexibility index (Phi) is 8.30. The fourth-order valence-electron chi connectivity index (χ4n) is 2.93. The molecular formula is C21H31N3O5. The number of nitrogens with zero attached hydrogens (tertiary/aromatic N) is 1. The number of alkyl carbamates (subject to hydrolysis) is 1. The summed E-state index contributed by atoms with van der Waals surface area (Å²) < 4.78 is 10.6. The topological polar surface area (TPSA) is 97.0 Å². The van der Waals surface area contributed by atoms with Crippen LogP contribution in [0.15, 0.2) is 30.3 Å². The molecule has 8 nitrogen and oxygen atoms in total. The van der Waals surface area contributed by atoms with E-state index >= 15 is 0 Å². The van der Waals surface area contributed by atoms with Crippen LogP contribution < -0.4 is 15.4 Å². The second kappa shape index (κ2) is 10.7. The van der Waals surface area contributed by atoms with Crippen LogP contribution in [-0.4, -0.2) is 61.2 Å². The number of piperidine rings is 1. The third-order valence-electron chi connectivity index (χ3n) is 4.45. The number of amides is 3. The van der Waals surface area contributed by atoms with Crippen molar-refractivity contribution >= 4 is 17.9 Å². The third kappa shape index (κ3) is 8.85. The van der Waals surface area contributed by atoms with E-state index in [0.717, 1.165) is 12.8 Å². The largest absolute Gasteiger partial charge is 0.484 e. The van der Waals surface area contributed by atoms with Crippen molar-refractivity contribution in [2.75, 3.05) is 32.8 Å². The Morgan fingerprint density at radius 1 is 1.07 bits per heavy atom. The van der Waals surface area contributed by atoms with E-state index in [1.54, 1.807) is 17.0 Å². The Hall–Kier alpha value is -2.77. The molecule has 0 bridgehead atoms. The van der Waals surface area contributed by atoms with Gasteiger partial charge >= 0.3 is 6.09 Å². The summed E-state index contributed by atoms with van der Waals surface area (Å²) in [4.78, 5) is 37.6. The lowest BCUT2D eigenvalue weighted by Crippen LogP contribution is -2.46. The van der Waals surface area contributed by atoms with Crippen LogP contribution >= 0.6 is 0 Å². The minimum Gasteiger partial charge on any atom is -0.484 e. The average molecular weight is 405 g/mol. The number of carbonyl (C=O) groups excluding carboxylic acids is 3. The molecule has 29 heavy (non-hydrogen) atoms. The minimum absolute atomic E-state index is 0.0438. The average Bonchev–Trinajstić information content (AvgIpc) is 2.69. The Balaban J connectivity index is 1.60. The van der Waals surface area contributed by atoms with E-state index in [-0.39, 0.29) is 25.0 Å². The van der Waals surface area contributed by atoms with Crippen molar-refractivity contribution in [3.05, 3.63) is 30.3 Å². The molecule has 0 unspecified atom stereocenters. The van der Waals surface area contributed by atoms with E-state index in [4.69, 9.17) is 9.47 Å². The molecule has 0 radical (unpaired) electrons. The molecule has 2 rings (SSSR count). The molecule has 8 heteroatoms. The van der Waals surface area contributed by atoms with Gasteiger partial charge in [-0.3, -0.25) is 9.59 Å². The summed E-state index contributed by atoms with van der Waals surface area (Å²) in [6.45, 7) is 7.04. The summed E-state index contributed by atoms with van der Waals surface area (Å²) >= 11 is 0. The van der Waals surface area contributed by atoms with Crippen molar-refractivity contribution in [2.45, 2.75) is 39.2 Å². The minimum atomic E-state index is -0.517. The van der Waals surface area contributed by atoms with E-state index in [0.29, 0.717) is 31.3 Å². The molecule has 1 heterocycles. The molecule has 0 spiro atoms. The molecule has 0 aliphatic carbocycles. The normalized spacial score (nSPS) is 14.8. The lowest BCUT2D eigenvalue weighted by atomic mass is 9.97. The van der Waals surface area contributed by atoms with Crippen LogP contribution in [0, 0.1) is 5.92 Å². The number of likely N-dealkylation sites (tertiary alicyclic amines) is 1. The maximum Gasteiger partial charge on any atom is 0.407 e. The first-order valence-corrected chi connectivity index (χ1v) is 9.92. The van der Waals surface area contributed by atoms with Gasteiger partial charge in [0.2, 0.25) is 5.91 Å². The summed E-state index contributed by atoms with van der Waals surface area (Å²) in [6, 6.07) is 9.04. The zero-order valence-electron chi connectivity index (χ0n) is 17.4. The number of nitrogens with one attached hydrogen (secondary N) is 2. The van der Waals surface area contributed by atoms with Gasteiger partial charge in [0, 0.05) is 19.6 Å². The Labute approximate surface area is 171 Å². The number of para-hydroxylation sites is 1. The van der Waals surface area contributed by atoms with Gasteiger partial charge in [0.05, 0.1) is 6.54 Å². The number of rotatable bonds is 7. The van der Waals surface area contributed by atoms with E-state index in [2.05, 4.69) is 10.6 Å². The summed E-state index contributed by atoms with van der Waals surface area (Å²) in [5.41, 5.74) is -0.517. The van der Waals surface area contributed by atoms with Crippen molar-refractivity contribution in [3.63, 3.8) is 0 Å². The summed E-state index contributed by atoms with van der Waals surface area (Å²) in [5, 5.41) is 5.38. The zero-order chi connectivity index (χ0) is 21.3. The molecule has 3 amide bonds. The van der Waals surface area contributed by atoms with E-state index in [1.807, 2.05) is 39.0 Å².